The molecule has 1 aromatic carbocycles. The number of amides is 1. The van der Waals surface area contributed by atoms with Crippen molar-refractivity contribution in [3.05, 3.63) is 30.3 Å². The van der Waals surface area contributed by atoms with Crippen LogP contribution in [0.5, 0.6) is 0 Å². The molecular formula is C11H14ClN3O2. The van der Waals surface area contributed by atoms with Gasteiger partial charge in [-0.05, 0) is 18.6 Å². The standard InChI is InChI=1S/C11H14ClN3O2/c1-2-6-10(12)15-17-11(16)14-13-9-7-4-3-5-8-9/h3-5,7-8,13H,2,6H2,1H3,(H,14,16)/b15-10-. The van der Waals surface area contributed by atoms with Gasteiger partial charge < -0.3 is 0 Å². The molecule has 2 N–H and O–H groups in total. The quantitative estimate of drug-likeness (QED) is 0.483. The molecule has 0 aliphatic rings. The first-order valence-electron chi connectivity index (χ1n) is 5.22. The van der Waals surface area contributed by atoms with Crippen molar-refractivity contribution in [1.29, 1.82) is 0 Å². The molecule has 1 amide bonds. The van der Waals surface area contributed by atoms with Crippen LogP contribution >= 0.6 is 11.6 Å². The van der Waals surface area contributed by atoms with Crippen molar-refractivity contribution in [3.8, 4) is 0 Å². The van der Waals surface area contributed by atoms with Crippen LogP contribution in [0, 0.1) is 0 Å². The Kier molecular flexibility index (Phi) is 5.88. The molecule has 1 rings (SSSR count). The van der Waals surface area contributed by atoms with Gasteiger partial charge in [0.15, 0.2) is 0 Å². The number of anilines is 1. The zero-order valence-electron chi connectivity index (χ0n) is 9.44. The van der Waals surface area contributed by atoms with Crippen LogP contribution in [0.4, 0.5) is 10.5 Å². The molecule has 6 heteroatoms. The lowest BCUT2D eigenvalue weighted by Crippen LogP contribution is -2.28. The van der Waals surface area contributed by atoms with Gasteiger partial charge in [-0.2, -0.15) is 0 Å². The number of halogens is 1. The summed E-state index contributed by atoms with van der Waals surface area (Å²) in [6.45, 7) is 1.95. The minimum Gasteiger partial charge on any atom is -0.296 e. The van der Waals surface area contributed by atoms with Crippen LogP contribution in [0.15, 0.2) is 35.5 Å². The van der Waals surface area contributed by atoms with Crippen LogP contribution in [0.1, 0.15) is 19.8 Å². The Balaban J connectivity index is 2.29. The molecule has 0 bridgehead atoms. The van der Waals surface area contributed by atoms with Crippen molar-refractivity contribution in [2.75, 3.05) is 5.43 Å². The molecule has 17 heavy (non-hydrogen) atoms. The van der Waals surface area contributed by atoms with Crippen molar-refractivity contribution >= 4 is 28.6 Å². The second-order valence-electron chi connectivity index (χ2n) is 3.21. The Hall–Kier alpha value is -1.75. The first-order chi connectivity index (χ1) is 8.22. The van der Waals surface area contributed by atoms with E-state index in [0.717, 1.165) is 12.1 Å². The lowest BCUT2D eigenvalue weighted by molar-refractivity contribution is 0.153. The number of nitrogens with one attached hydrogen (secondary N) is 2. The van der Waals surface area contributed by atoms with E-state index in [1.165, 1.54) is 0 Å². The number of carbonyl (C=O) groups is 1. The van der Waals surface area contributed by atoms with E-state index in [1.54, 1.807) is 12.1 Å². The summed E-state index contributed by atoms with van der Waals surface area (Å²) in [5.74, 6) is 0. The Labute approximate surface area is 105 Å². The summed E-state index contributed by atoms with van der Waals surface area (Å²) in [6.07, 6.45) is 0.708. The van der Waals surface area contributed by atoms with E-state index in [4.69, 9.17) is 11.6 Å². The third kappa shape index (κ3) is 5.77. The minimum absolute atomic E-state index is 0.266. The van der Waals surface area contributed by atoms with Gasteiger partial charge in [0, 0.05) is 6.42 Å². The number of hydrogen-bond acceptors (Lipinski definition) is 4. The van der Waals surface area contributed by atoms with E-state index < -0.39 is 6.09 Å². The molecule has 0 fully saturated rings. The highest BCUT2D eigenvalue weighted by atomic mass is 35.5. The summed E-state index contributed by atoms with van der Waals surface area (Å²) < 4.78 is 0. The second-order valence-corrected chi connectivity index (χ2v) is 3.65. The van der Waals surface area contributed by atoms with Crippen molar-refractivity contribution in [3.63, 3.8) is 0 Å². The predicted octanol–water partition coefficient (Wildman–Crippen LogP) is 3.09. The second kappa shape index (κ2) is 7.51. The summed E-state index contributed by atoms with van der Waals surface area (Å²) >= 11 is 5.67. The molecule has 0 radical (unpaired) electrons. The van der Waals surface area contributed by atoms with E-state index >= 15 is 0 Å². The van der Waals surface area contributed by atoms with E-state index in [2.05, 4.69) is 20.8 Å². The van der Waals surface area contributed by atoms with Crippen LogP contribution in [-0.4, -0.2) is 11.3 Å². The molecule has 0 aliphatic heterocycles. The van der Waals surface area contributed by atoms with Crippen LogP contribution < -0.4 is 10.9 Å². The summed E-state index contributed by atoms with van der Waals surface area (Å²) in [4.78, 5) is 15.7. The third-order valence-electron chi connectivity index (χ3n) is 1.77. The zero-order valence-corrected chi connectivity index (χ0v) is 10.2. The fraction of sp³-hybridized carbons (Fsp3) is 0.273. The van der Waals surface area contributed by atoms with Gasteiger partial charge in [-0.3, -0.25) is 10.3 Å². The first kappa shape index (κ1) is 13.3. The average molecular weight is 256 g/mol. The number of hydrogen-bond donors (Lipinski definition) is 2. The van der Waals surface area contributed by atoms with Gasteiger partial charge in [0.1, 0.15) is 5.17 Å². The number of para-hydroxylation sites is 1. The fourth-order valence-electron chi connectivity index (χ4n) is 1.01. The molecule has 0 heterocycles. The van der Waals surface area contributed by atoms with Crippen molar-refractivity contribution in [2.24, 2.45) is 5.16 Å². The SMILES string of the molecule is CCC/C(Cl)=N/OC(=O)NNc1ccccc1. The van der Waals surface area contributed by atoms with Gasteiger partial charge in [-0.1, -0.05) is 41.9 Å². The molecule has 0 saturated heterocycles. The van der Waals surface area contributed by atoms with Crippen LogP contribution in [0.2, 0.25) is 0 Å². The Bertz CT molecular complexity index is 382. The first-order valence-corrected chi connectivity index (χ1v) is 5.60. The van der Waals surface area contributed by atoms with Crippen LogP contribution in [-0.2, 0) is 4.84 Å². The molecule has 0 unspecified atom stereocenters. The monoisotopic (exact) mass is 255 g/mol. The number of rotatable bonds is 5. The number of hydrazine groups is 1. The molecule has 0 saturated carbocycles. The predicted molar refractivity (Wildman–Crippen MR) is 67.9 cm³/mol. The molecule has 0 atom stereocenters. The maximum atomic E-state index is 11.2. The van der Waals surface area contributed by atoms with Crippen molar-refractivity contribution in [2.45, 2.75) is 19.8 Å². The van der Waals surface area contributed by atoms with Gasteiger partial charge >= 0.3 is 6.09 Å². The number of oxime groups is 1. The minimum atomic E-state index is -0.719. The molecule has 5 nitrogen and oxygen atoms in total. The number of benzene rings is 1. The normalized spacial score (nSPS) is 10.8. The molecule has 0 spiro atoms. The highest BCUT2D eigenvalue weighted by Crippen LogP contribution is 2.02. The molecular weight excluding hydrogens is 242 g/mol. The molecule has 0 aromatic heterocycles. The van der Waals surface area contributed by atoms with Gasteiger partial charge in [-0.15, -0.1) is 0 Å². The lowest BCUT2D eigenvalue weighted by Gasteiger charge is -2.05. The average Bonchev–Trinajstić information content (AvgIpc) is 2.35. The largest absolute Gasteiger partial charge is 0.452 e. The Morgan fingerprint density at radius 2 is 2.12 bits per heavy atom. The van der Waals surface area contributed by atoms with Crippen molar-refractivity contribution < 1.29 is 9.63 Å². The summed E-state index contributed by atoms with van der Waals surface area (Å²) in [5.41, 5.74) is 5.73. The highest BCUT2D eigenvalue weighted by Gasteiger charge is 2.01. The number of carbonyl (C=O) groups excluding carboxylic acids is 1. The van der Waals surface area contributed by atoms with Crippen LogP contribution in [0.25, 0.3) is 0 Å². The molecule has 92 valence electrons. The van der Waals surface area contributed by atoms with Gasteiger partial charge in [0.2, 0.25) is 0 Å². The molecule has 0 aliphatic carbocycles. The van der Waals surface area contributed by atoms with Crippen molar-refractivity contribution in [1.82, 2.24) is 5.43 Å². The topological polar surface area (TPSA) is 62.7 Å². The molecule has 1 aromatic rings. The summed E-state index contributed by atoms with van der Waals surface area (Å²) in [7, 11) is 0. The Morgan fingerprint density at radius 3 is 2.76 bits per heavy atom. The summed E-state index contributed by atoms with van der Waals surface area (Å²) in [6, 6.07) is 9.15. The third-order valence-corrected chi connectivity index (χ3v) is 2.02. The zero-order chi connectivity index (χ0) is 12.5. The number of nitrogens with zero attached hydrogens (tertiary/aromatic N) is 1. The van der Waals surface area contributed by atoms with Gasteiger partial charge in [0.25, 0.3) is 0 Å². The Morgan fingerprint density at radius 1 is 1.41 bits per heavy atom. The van der Waals surface area contributed by atoms with Gasteiger partial charge in [0.05, 0.1) is 5.69 Å². The van der Waals surface area contributed by atoms with E-state index in [0.29, 0.717) is 6.42 Å². The maximum absolute atomic E-state index is 11.2. The fourth-order valence-corrected chi connectivity index (χ4v) is 1.23. The highest BCUT2D eigenvalue weighted by molar-refractivity contribution is 6.65. The lowest BCUT2D eigenvalue weighted by atomic mass is 10.3. The van der Waals surface area contributed by atoms with E-state index in [1.807, 2.05) is 25.1 Å². The van der Waals surface area contributed by atoms with E-state index in [-0.39, 0.29) is 5.17 Å². The maximum Gasteiger partial charge on any atom is 0.452 e. The van der Waals surface area contributed by atoms with E-state index in [9.17, 15) is 4.79 Å². The van der Waals surface area contributed by atoms with Gasteiger partial charge in [-0.25, -0.2) is 10.2 Å². The smallest absolute Gasteiger partial charge is 0.296 e. The summed E-state index contributed by atoms with van der Waals surface area (Å²) in [5, 5.41) is 3.72. The van der Waals surface area contributed by atoms with Crippen LogP contribution in [0.3, 0.4) is 0 Å².